The van der Waals surface area contributed by atoms with Crippen molar-refractivity contribution < 1.29 is 18.8 Å². The number of halogens is 1. The smallest absolute Gasteiger partial charge is 0.312 e. The number of carbonyl (C=O) groups is 3. The lowest BCUT2D eigenvalue weighted by Gasteiger charge is -2.29. The standard InChI is InChI=1S/C15H21FN4O3/c1-9(2)20(14(22)10(3)18-15(17)23)8-13(21)19-12-6-4-11(16)5-7-12/h4-7,9-10H,8H2,1-3H3,(H,19,21)(H3,17,18,23)/t10-/m1/s1. The molecule has 1 aromatic rings. The van der Waals surface area contributed by atoms with Crippen LogP contribution in [0.1, 0.15) is 20.8 Å². The van der Waals surface area contributed by atoms with Gasteiger partial charge in [0, 0.05) is 11.7 Å². The summed E-state index contributed by atoms with van der Waals surface area (Å²) in [6.45, 7) is 4.79. The van der Waals surface area contributed by atoms with Crippen LogP contribution >= 0.6 is 0 Å². The van der Waals surface area contributed by atoms with Gasteiger partial charge in [-0.2, -0.15) is 0 Å². The number of amides is 4. The first kappa shape index (κ1) is 18.4. The SMILES string of the molecule is CC(C)N(CC(=O)Nc1ccc(F)cc1)C(=O)[C@@H](C)NC(N)=O. The molecule has 0 aliphatic heterocycles. The molecule has 4 amide bonds. The van der Waals surface area contributed by atoms with Gasteiger partial charge in [0.05, 0.1) is 0 Å². The summed E-state index contributed by atoms with van der Waals surface area (Å²) in [4.78, 5) is 36.5. The molecule has 0 aliphatic carbocycles. The van der Waals surface area contributed by atoms with Gasteiger partial charge < -0.3 is 21.3 Å². The highest BCUT2D eigenvalue weighted by atomic mass is 19.1. The Morgan fingerprint density at radius 3 is 2.22 bits per heavy atom. The minimum absolute atomic E-state index is 0.196. The highest BCUT2D eigenvalue weighted by Crippen LogP contribution is 2.09. The molecule has 1 atom stereocenters. The molecular weight excluding hydrogens is 303 g/mol. The second-order valence-corrected chi connectivity index (χ2v) is 5.35. The Kier molecular flexibility index (Phi) is 6.49. The second-order valence-electron chi connectivity index (χ2n) is 5.35. The molecule has 0 saturated heterocycles. The number of rotatable bonds is 6. The summed E-state index contributed by atoms with van der Waals surface area (Å²) in [5, 5.41) is 4.86. The van der Waals surface area contributed by atoms with E-state index in [9.17, 15) is 18.8 Å². The molecule has 0 spiro atoms. The summed E-state index contributed by atoms with van der Waals surface area (Å²) >= 11 is 0. The first-order chi connectivity index (χ1) is 10.7. The predicted octanol–water partition coefficient (Wildman–Crippen LogP) is 1.06. The Hall–Kier alpha value is -2.64. The maximum absolute atomic E-state index is 12.8. The van der Waals surface area contributed by atoms with Crippen molar-refractivity contribution >= 4 is 23.5 Å². The van der Waals surface area contributed by atoms with Crippen molar-refractivity contribution in [1.29, 1.82) is 0 Å². The number of nitrogens with one attached hydrogen (secondary N) is 2. The molecule has 0 fully saturated rings. The molecule has 0 aliphatic rings. The van der Waals surface area contributed by atoms with E-state index < -0.39 is 29.7 Å². The molecular formula is C15H21FN4O3. The Balaban J connectivity index is 2.71. The van der Waals surface area contributed by atoms with E-state index in [0.29, 0.717) is 5.69 Å². The number of anilines is 1. The Labute approximate surface area is 134 Å². The number of nitrogens with zero attached hydrogens (tertiary/aromatic N) is 1. The molecule has 126 valence electrons. The van der Waals surface area contributed by atoms with Crippen LogP contribution in [0, 0.1) is 5.82 Å². The molecule has 7 nitrogen and oxygen atoms in total. The maximum Gasteiger partial charge on any atom is 0.312 e. The van der Waals surface area contributed by atoms with E-state index in [4.69, 9.17) is 5.73 Å². The normalized spacial score (nSPS) is 11.7. The summed E-state index contributed by atoms with van der Waals surface area (Å²) in [7, 11) is 0. The second kappa shape index (κ2) is 8.11. The Morgan fingerprint density at radius 1 is 1.17 bits per heavy atom. The van der Waals surface area contributed by atoms with Crippen LogP contribution in [0.5, 0.6) is 0 Å². The predicted molar refractivity (Wildman–Crippen MR) is 84.1 cm³/mol. The molecule has 1 rings (SSSR count). The van der Waals surface area contributed by atoms with E-state index in [2.05, 4.69) is 10.6 Å². The maximum atomic E-state index is 12.8. The number of hydrogen-bond acceptors (Lipinski definition) is 3. The molecule has 0 radical (unpaired) electrons. The van der Waals surface area contributed by atoms with Crippen LogP contribution in [-0.2, 0) is 9.59 Å². The third-order valence-electron chi connectivity index (χ3n) is 3.08. The summed E-state index contributed by atoms with van der Waals surface area (Å²) < 4.78 is 12.8. The van der Waals surface area contributed by atoms with E-state index in [-0.39, 0.29) is 12.6 Å². The van der Waals surface area contributed by atoms with Crippen molar-refractivity contribution in [2.45, 2.75) is 32.9 Å². The van der Waals surface area contributed by atoms with Gasteiger partial charge in [-0.1, -0.05) is 0 Å². The van der Waals surface area contributed by atoms with Gasteiger partial charge in [0.2, 0.25) is 11.8 Å². The minimum atomic E-state index is -0.839. The van der Waals surface area contributed by atoms with Crippen LogP contribution in [0.25, 0.3) is 0 Å². The highest BCUT2D eigenvalue weighted by molar-refractivity contribution is 5.95. The first-order valence-electron chi connectivity index (χ1n) is 7.12. The van der Waals surface area contributed by atoms with Crippen molar-refractivity contribution in [2.24, 2.45) is 5.73 Å². The van der Waals surface area contributed by atoms with Gasteiger partial charge in [-0.3, -0.25) is 9.59 Å². The lowest BCUT2D eigenvalue weighted by Crippen LogP contribution is -2.52. The van der Waals surface area contributed by atoms with Crippen molar-refractivity contribution in [3.63, 3.8) is 0 Å². The number of hydrogen-bond donors (Lipinski definition) is 3. The fourth-order valence-electron chi connectivity index (χ4n) is 1.93. The third kappa shape index (κ3) is 5.93. The Bertz CT molecular complexity index is 575. The molecule has 0 saturated carbocycles. The van der Waals surface area contributed by atoms with Gasteiger partial charge in [0.25, 0.3) is 0 Å². The van der Waals surface area contributed by atoms with E-state index in [1.54, 1.807) is 13.8 Å². The van der Waals surface area contributed by atoms with E-state index in [0.717, 1.165) is 0 Å². The van der Waals surface area contributed by atoms with Crippen LogP contribution in [0.3, 0.4) is 0 Å². The van der Waals surface area contributed by atoms with Crippen molar-refractivity contribution in [3.8, 4) is 0 Å². The summed E-state index contributed by atoms with van der Waals surface area (Å²) in [6.07, 6.45) is 0. The largest absolute Gasteiger partial charge is 0.352 e. The fraction of sp³-hybridized carbons (Fsp3) is 0.400. The molecule has 0 bridgehead atoms. The van der Waals surface area contributed by atoms with Crippen molar-refractivity contribution in [3.05, 3.63) is 30.1 Å². The fourth-order valence-corrected chi connectivity index (χ4v) is 1.93. The van der Waals surface area contributed by atoms with Gasteiger partial charge >= 0.3 is 6.03 Å². The molecule has 0 aromatic heterocycles. The van der Waals surface area contributed by atoms with Crippen molar-refractivity contribution in [2.75, 3.05) is 11.9 Å². The number of nitrogens with two attached hydrogens (primary N) is 1. The van der Waals surface area contributed by atoms with Gasteiger partial charge in [-0.15, -0.1) is 0 Å². The number of carbonyl (C=O) groups excluding carboxylic acids is 3. The highest BCUT2D eigenvalue weighted by Gasteiger charge is 2.25. The zero-order valence-electron chi connectivity index (χ0n) is 13.3. The van der Waals surface area contributed by atoms with Gasteiger partial charge in [0.15, 0.2) is 0 Å². The van der Waals surface area contributed by atoms with Crippen LogP contribution < -0.4 is 16.4 Å². The molecule has 8 heteroatoms. The molecule has 4 N–H and O–H groups in total. The van der Waals surface area contributed by atoms with Gasteiger partial charge in [-0.05, 0) is 45.0 Å². The topological polar surface area (TPSA) is 105 Å². The average Bonchev–Trinajstić information content (AvgIpc) is 2.45. The number of benzene rings is 1. The average molecular weight is 324 g/mol. The summed E-state index contributed by atoms with van der Waals surface area (Å²) in [5.41, 5.74) is 5.42. The zero-order valence-corrected chi connectivity index (χ0v) is 13.3. The van der Waals surface area contributed by atoms with Crippen LogP contribution in [0.2, 0.25) is 0 Å². The van der Waals surface area contributed by atoms with Crippen LogP contribution in [0.4, 0.5) is 14.9 Å². The van der Waals surface area contributed by atoms with Gasteiger partial charge in [0.1, 0.15) is 18.4 Å². The first-order valence-corrected chi connectivity index (χ1v) is 7.12. The molecule has 23 heavy (non-hydrogen) atoms. The lowest BCUT2D eigenvalue weighted by atomic mass is 10.2. The van der Waals surface area contributed by atoms with E-state index in [1.165, 1.54) is 36.1 Å². The third-order valence-corrected chi connectivity index (χ3v) is 3.08. The van der Waals surface area contributed by atoms with Crippen molar-refractivity contribution in [1.82, 2.24) is 10.2 Å². The number of primary amides is 1. The summed E-state index contributed by atoms with van der Waals surface area (Å²) in [6, 6.07) is 3.38. The Morgan fingerprint density at radius 2 is 1.74 bits per heavy atom. The molecule has 0 heterocycles. The molecule has 1 aromatic carbocycles. The van der Waals surface area contributed by atoms with E-state index >= 15 is 0 Å². The quantitative estimate of drug-likeness (QED) is 0.728. The van der Waals surface area contributed by atoms with Gasteiger partial charge in [-0.25, -0.2) is 9.18 Å². The molecule has 0 unspecified atom stereocenters. The zero-order chi connectivity index (χ0) is 17.6. The van der Waals surface area contributed by atoms with Crippen LogP contribution in [0.15, 0.2) is 24.3 Å². The lowest BCUT2D eigenvalue weighted by molar-refractivity contribution is -0.137. The number of urea groups is 1. The summed E-state index contributed by atoms with van der Waals surface area (Å²) in [5.74, 6) is -1.26. The van der Waals surface area contributed by atoms with E-state index in [1.807, 2.05) is 0 Å². The minimum Gasteiger partial charge on any atom is -0.352 e. The monoisotopic (exact) mass is 324 g/mol. The van der Waals surface area contributed by atoms with Crippen LogP contribution in [-0.4, -0.2) is 41.4 Å².